The van der Waals surface area contributed by atoms with Crippen molar-refractivity contribution < 1.29 is 18.7 Å². The molecule has 1 radical (unpaired) electrons. The summed E-state index contributed by atoms with van der Waals surface area (Å²) < 4.78 is 18.5. The lowest BCUT2D eigenvalue weighted by Crippen LogP contribution is -2.65. The molecule has 1 aliphatic heterocycles. The van der Waals surface area contributed by atoms with Gasteiger partial charge >= 0.3 is 8.56 Å². The Balaban J connectivity index is 0.000000324. The van der Waals surface area contributed by atoms with Gasteiger partial charge in [-0.05, 0) is 63.9 Å². The van der Waals surface area contributed by atoms with Crippen molar-refractivity contribution in [2.45, 2.75) is 64.6 Å². The first-order valence-electron chi connectivity index (χ1n) is 9.33. The Morgan fingerprint density at radius 3 is 2.04 bits per heavy atom. The predicted octanol–water partition coefficient (Wildman–Crippen LogP) is 5.89. The van der Waals surface area contributed by atoms with Gasteiger partial charge in [-0.25, -0.2) is 0 Å². The number of rotatable bonds is 7. The highest BCUT2D eigenvalue weighted by molar-refractivity contribution is 6.70. The van der Waals surface area contributed by atoms with Crippen molar-refractivity contribution in [1.82, 2.24) is 0 Å². The summed E-state index contributed by atoms with van der Waals surface area (Å²) in [6.07, 6.45) is 4.57. The second-order valence-corrected chi connectivity index (χ2v) is 9.99. The predicted molar refractivity (Wildman–Crippen MR) is 104 cm³/mol. The number of hydrogen-bond donors (Lipinski definition) is 0. The van der Waals surface area contributed by atoms with Crippen molar-refractivity contribution in [1.29, 1.82) is 0 Å². The van der Waals surface area contributed by atoms with Crippen LogP contribution in [0.5, 0.6) is 5.75 Å². The zero-order valence-electron chi connectivity index (χ0n) is 16.0. The van der Waals surface area contributed by atoms with Crippen LogP contribution in [-0.2, 0) is 18.7 Å². The van der Waals surface area contributed by atoms with Crippen LogP contribution < -0.4 is 0 Å². The van der Waals surface area contributed by atoms with Crippen LogP contribution in [0.25, 0.3) is 0 Å². The summed E-state index contributed by atoms with van der Waals surface area (Å²) in [5.74, 6) is -0.00519. The third-order valence-corrected chi connectivity index (χ3v) is 9.50. The normalized spacial score (nSPS) is 22.1. The molecule has 2 rings (SSSR count). The van der Waals surface area contributed by atoms with Crippen LogP contribution in [0, 0.1) is 0 Å². The van der Waals surface area contributed by atoms with E-state index in [2.05, 4.69) is 27.7 Å². The first-order valence-corrected chi connectivity index (χ1v) is 11.7. The standard InChI is InChI=1S/C13H28O3Si.C6H4ClO/c1-5-13(14-6-2)11-9-10-12-17(13,15-7-3)16-8-4;7-5-1-3-6(8)4-2-5/h5-12H2,1-4H3;1-4H. The third-order valence-electron chi connectivity index (χ3n) is 4.59. The van der Waals surface area contributed by atoms with Crippen molar-refractivity contribution in [2.24, 2.45) is 0 Å². The van der Waals surface area contributed by atoms with E-state index in [9.17, 15) is 5.11 Å². The SMILES string of the molecule is CCOC1(CC)CCCC[Si]1(OCC)OCC.[O]c1ccc(Cl)cc1. The molecule has 1 saturated heterocycles. The summed E-state index contributed by atoms with van der Waals surface area (Å²) in [5.41, 5.74) is 0. The smallest absolute Gasteiger partial charge is 0.371 e. The van der Waals surface area contributed by atoms with Gasteiger partial charge in [-0.15, -0.1) is 0 Å². The molecule has 4 nitrogen and oxygen atoms in total. The van der Waals surface area contributed by atoms with Crippen LogP contribution >= 0.6 is 11.6 Å². The Bertz CT molecular complexity index is 446. The van der Waals surface area contributed by atoms with Crippen molar-refractivity contribution in [3.05, 3.63) is 29.3 Å². The lowest BCUT2D eigenvalue weighted by atomic mass is 10.1. The topological polar surface area (TPSA) is 47.6 Å². The summed E-state index contributed by atoms with van der Waals surface area (Å²) in [6, 6.07) is 7.10. The minimum atomic E-state index is -2.21. The molecule has 0 aliphatic carbocycles. The monoisotopic (exact) mass is 387 g/mol. The number of halogens is 1. The van der Waals surface area contributed by atoms with E-state index in [-0.39, 0.29) is 11.0 Å². The first-order chi connectivity index (χ1) is 12.0. The summed E-state index contributed by atoms with van der Waals surface area (Å²) in [4.78, 5) is 0. The van der Waals surface area contributed by atoms with E-state index in [0.717, 1.165) is 38.7 Å². The molecular formula is C19H32ClO4Si. The van der Waals surface area contributed by atoms with Crippen LogP contribution in [0.3, 0.4) is 0 Å². The van der Waals surface area contributed by atoms with Gasteiger partial charge in [0.05, 0.1) is 0 Å². The van der Waals surface area contributed by atoms with Crippen molar-refractivity contribution in [3.8, 4) is 5.75 Å². The van der Waals surface area contributed by atoms with E-state index in [1.807, 2.05) is 0 Å². The van der Waals surface area contributed by atoms with Crippen molar-refractivity contribution in [3.63, 3.8) is 0 Å². The van der Waals surface area contributed by atoms with Crippen LogP contribution in [-0.4, -0.2) is 33.6 Å². The van der Waals surface area contributed by atoms with Crippen LogP contribution in [0.15, 0.2) is 24.3 Å². The van der Waals surface area contributed by atoms with E-state index >= 15 is 0 Å². The molecule has 1 heterocycles. The largest absolute Gasteiger partial charge is 0.393 e. The van der Waals surface area contributed by atoms with Crippen LogP contribution in [0.2, 0.25) is 11.1 Å². The number of ether oxygens (including phenoxy) is 1. The van der Waals surface area contributed by atoms with Crippen molar-refractivity contribution >= 4 is 20.2 Å². The zero-order valence-corrected chi connectivity index (χ0v) is 17.7. The van der Waals surface area contributed by atoms with Gasteiger partial charge in [0.25, 0.3) is 0 Å². The second kappa shape index (κ2) is 11.2. The van der Waals surface area contributed by atoms with Gasteiger partial charge in [-0.3, -0.25) is 5.11 Å². The fourth-order valence-electron chi connectivity index (χ4n) is 3.54. The Morgan fingerprint density at radius 2 is 1.60 bits per heavy atom. The molecule has 143 valence electrons. The Labute approximate surface area is 158 Å². The third kappa shape index (κ3) is 5.96. The Kier molecular flexibility index (Phi) is 10.0. The summed E-state index contributed by atoms with van der Waals surface area (Å²) in [5, 5.41) is 10.8. The molecule has 0 N–H and O–H groups in total. The van der Waals surface area contributed by atoms with Gasteiger partial charge in [0.1, 0.15) is 5.22 Å². The van der Waals surface area contributed by atoms with Crippen molar-refractivity contribution in [2.75, 3.05) is 19.8 Å². The van der Waals surface area contributed by atoms with E-state index in [1.54, 1.807) is 12.1 Å². The molecule has 0 saturated carbocycles. The first kappa shape index (κ1) is 22.4. The van der Waals surface area contributed by atoms with E-state index < -0.39 is 8.56 Å². The fraction of sp³-hybridized carbons (Fsp3) is 0.684. The minimum Gasteiger partial charge on any atom is -0.393 e. The van der Waals surface area contributed by atoms with Crippen LogP contribution in [0.4, 0.5) is 0 Å². The molecule has 6 heteroatoms. The minimum absolute atomic E-state index is 0.00519. The second-order valence-electron chi connectivity index (χ2n) is 6.06. The van der Waals surface area contributed by atoms with Gasteiger partial charge in [0.2, 0.25) is 0 Å². The zero-order chi connectivity index (χ0) is 18.8. The fourth-order valence-corrected chi connectivity index (χ4v) is 8.13. The van der Waals surface area contributed by atoms with E-state index in [0.29, 0.717) is 5.02 Å². The molecular weight excluding hydrogens is 356 g/mol. The molecule has 0 amide bonds. The Hall–Kier alpha value is -0.593. The van der Waals surface area contributed by atoms with Gasteiger partial charge in [0, 0.05) is 24.8 Å². The average molecular weight is 388 g/mol. The highest BCUT2D eigenvalue weighted by atomic mass is 35.5. The Morgan fingerprint density at radius 1 is 1.00 bits per heavy atom. The molecule has 1 aliphatic rings. The molecule has 1 fully saturated rings. The lowest BCUT2D eigenvalue weighted by molar-refractivity contribution is -0.0426. The number of benzene rings is 1. The van der Waals surface area contributed by atoms with Crippen LogP contribution in [0.1, 0.15) is 53.4 Å². The van der Waals surface area contributed by atoms with Gasteiger partial charge in [0.15, 0.2) is 5.75 Å². The molecule has 1 unspecified atom stereocenters. The molecule has 1 aromatic rings. The summed E-state index contributed by atoms with van der Waals surface area (Å²) >= 11 is 5.47. The molecule has 0 bridgehead atoms. The van der Waals surface area contributed by atoms with E-state index in [1.165, 1.54) is 25.0 Å². The van der Waals surface area contributed by atoms with Gasteiger partial charge < -0.3 is 13.6 Å². The molecule has 0 spiro atoms. The average Bonchev–Trinajstić information content (AvgIpc) is 2.61. The van der Waals surface area contributed by atoms with Gasteiger partial charge in [-0.1, -0.05) is 31.4 Å². The van der Waals surface area contributed by atoms with Gasteiger partial charge in [-0.2, -0.15) is 0 Å². The maximum atomic E-state index is 10.4. The molecule has 25 heavy (non-hydrogen) atoms. The quantitative estimate of drug-likeness (QED) is 0.547. The summed E-state index contributed by atoms with van der Waals surface area (Å²) in [6.45, 7) is 10.6. The molecule has 1 aromatic carbocycles. The molecule has 1 atom stereocenters. The highest BCUT2D eigenvalue weighted by Gasteiger charge is 2.58. The maximum Gasteiger partial charge on any atom is 0.371 e. The maximum absolute atomic E-state index is 10.4. The highest BCUT2D eigenvalue weighted by Crippen LogP contribution is 2.42. The lowest BCUT2D eigenvalue weighted by Gasteiger charge is -2.49. The summed E-state index contributed by atoms with van der Waals surface area (Å²) in [7, 11) is -2.21. The van der Waals surface area contributed by atoms with E-state index in [4.69, 9.17) is 25.2 Å². The molecule has 0 aromatic heterocycles. The number of hydrogen-bond acceptors (Lipinski definition) is 3.